The van der Waals surface area contributed by atoms with E-state index in [2.05, 4.69) is 17.1 Å². The number of benzene rings is 2. The van der Waals surface area contributed by atoms with Gasteiger partial charge < -0.3 is 9.84 Å². The molecule has 0 aliphatic rings. The van der Waals surface area contributed by atoms with Gasteiger partial charge in [0.05, 0.1) is 6.61 Å². The second-order valence-electron chi connectivity index (χ2n) is 9.16. The van der Waals surface area contributed by atoms with Gasteiger partial charge in [0, 0.05) is 17.0 Å². The molecule has 1 heterocycles. The summed E-state index contributed by atoms with van der Waals surface area (Å²) in [6.45, 7) is 8.73. The number of fused-ring (bicyclic) bond motifs is 1. The number of esters is 1. The van der Waals surface area contributed by atoms with Crippen LogP contribution in [0.2, 0.25) is 5.02 Å². The fourth-order valence-electron chi connectivity index (χ4n) is 3.57. The van der Waals surface area contributed by atoms with Crippen LogP contribution in [0, 0.1) is 0 Å². The number of carbonyl (C=O) groups excluding carboxylic acids is 1. The fourth-order valence-corrected chi connectivity index (χ4v) is 3.74. The van der Waals surface area contributed by atoms with Crippen molar-refractivity contribution in [1.29, 1.82) is 0 Å². The SMILES string of the molecule is CCCCCCOC(=O)CCc1cc(-n2nc3ccc(Cl)cc3n2)c(O)c(C(C)(C)C)c1. The first-order valence-electron chi connectivity index (χ1n) is 11.2. The third-order valence-electron chi connectivity index (χ3n) is 5.39. The molecule has 0 atom stereocenters. The van der Waals surface area contributed by atoms with Crippen molar-refractivity contribution in [3.63, 3.8) is 0 Å². The topological polar surface area (TPSA) is 77.2 Å². The molecule has 0 fully saturated rings. The molecule has 0 aliphatic carbocycles. The third kappa shape index (κ3) is 6.00. The Morgan fingerprint density at radius 2 is 1.84 bits per heavy atom. The lowest BCUT2D eigenvalue weighted by molar-refractivity contribution is -0.143. The first kappa shape index (κ1) is 24.1. The molecule has 1 aromatic heterocycles. The summed E-state index contributed by atoms with van der Waals surface area (Å²) in [5.74, 6) is -0.0721. The zero-order valence-electron chi connectivity index (χ0n) is 19.3. The molecule has 0 saturated carbocycles. The number of aromatic nitrogens is 3. The van der Waals surface area contributed by atoms with Gasteiger partial charge in [0.1, 0.15) is 22.5 Å². The molecule has 6 nitrogen and oxygen atoms in total. The molecule has 0 spiro atoms. The lowest BCUT2D eigenvalue weighted by Gasteiger charge is -2.23. The predicted octanol–water partition coefficient (Wildman–Crippen LogP) is 6.13. The van der Waals surface area contributed by atoms with Crippen LogP contribution >= 0.6 is 11.6 Å². The van der Waals surface area contributed by atoms with Crippen LogP contribution in [0.1, 0.15) is 70.9 Å². The molecule has 0 aliphatic heterocycles. The molecular formula is C25H32ClN3O3. The Bertz CT molecular complexity index is 1090. The lowest BCUT2D eigenvalue weighted by Crippen LogP contribution is -2.14. The first-order chi connectivity index (χ1) is 15.2. The van der Waals surface area contributed by atoms with Crippen LogP contribution in [0.25, 0.3) is 16.7 Å². The molecular weight excluding hydrogens is 426 g/mol. The van der Waals surface area contributed by atoms with Gasteiger partial charge in [-0.1, -0.05) is 64.6 Å². The van der Waals surface area contributed by atoms with Crippen molar-refractivity contribution in [3.8, 4) is 11.4 Å². The van der Waals surface area contributed by atoms with Crippen molar-refractivity contribution in [3.05, 3.63) is 46.5 Å². The van der Waals surface area contributed by atoms with Crippen LogP contribution in [-0.4, -0.2) is 32.7 Å². The molecule has 2 aromatic carbocycles. The Morgan fingerprint density at radius 1 is 1.09 bits per heavy atom. The maximum absolute atomic E-state index is 12.2. The largest absolute Gasteiger partial charge is 0.505 e. The molecule has 1 N–H and O–H groups in total. The van der Waals surface area contributed by atoms with E-state index < -0.39 is 0 Å². The average molecular weight is 458 g/mol. The molecule has 7 heteroatoms. The van der Waals surface area contributed by atoms with Gasteiger partial charge in [-0.3, -0.25) is 4.79 Å². The van der Waals surface area contributed by atoms with Gasteiger partial charge in [-0.15, -0.1) is 15.0 Å². The Labute approximate surface area is 194 Å². The summed E-state index contributed by atoms with van der Waals surface area (Å²) in [7, 11) is 0. The number of aryl methyl sites for hydroxylation is 1. The van der Waals surface area contributed by atoms with Gasteiger partial charge in [-0.05, 0) is 48.1 Å². The smallest absolute Gasteiger partial charge is 0.306 e. The van der Waals surface area contributed by atoms with Gasteiger partial charge in [-0.2, -0.15) is 0 Å². The molecule has 172 valence electrons. The maximum Gasteiger partial charge on any atom is 0.306 e. The highest BCUT2D eigenvalue weighted by Crippen LogP contribution is 2.36. The molecule has 3 aromatic rings. The van der Waals surface area contributed by atoms with Crippen molar-refractivity contribution in [2.45, 2.75) is 71.6 Å². The number of hydrogen-bond acceptors (Lipinski definition) is 5. The van der Waals surface area contributed by atoms with E-state index in [4.69, 9.17) is 16.3 Å². The van der Waals surface area contributed by atoms with Crippen molar-refractivity contribution in [2.75, 3.05) is 6.61 Å². The molecule has 3 rings (SSSR count). The summed E-state index contributed by atoms with van der Waals surface area (Å²) in [4.78, 5) is 13.6. The highest BCUT2D eigenvalue weighted by atomic mass is 35.5. The van der Waals surface area contributed by atoms with E-state index in [1.165, 1.54) is 4.80 Å². The highest BCUT2D eigenvalue weighted by Gasteiger charge is 2.23. The second kappa shape index (κ2) is 10.3. The Balaban J connectivity index is 1.83. The van der Waals surface area contributed by atoms with E-state index in [1.54, 1.807) is 18.2 Å². The Hall–Kier alpha value is -2.60. The summed E-state index contributed by atoms with van der Waals surface area (Å²) in [5.41, 5.74) is 3.20. The van der Waals surface area contributed by atoms with Gasteiger partial charge in [0.25, 0.3) is 0 Å². The summed E-state index contributed by atoms with van der Waals surface area (Å²) in [6, 6.07) is 9.08. The quantitative estimate of drug-likeness (QED) is 0.308. The molecule has 0 amide bonds. The van der Waals surface area contributed by atoms with E-state index in [9.17, 15) is 9.90 Å². The second-order valence-corrected chi connectivity index (χ2v) is 9.60. The minimum atomic E-state index is -0.301. The van der Waals surface area contributed by atoms with Gasteiger partial charge in [0.15, 0.2) is 0 Å². The number of ether oxygens (including phenoxy) is 1. The van der Waals surface area contributed by atoms with Crippen LogP contribution in [0.15, 0.2) is 30.3 Å². The number of unbranched alkanes of at least 4 members (excludes halogenated alkanes) is 3. The van der Waals surface area contributed by atoms with Crippen molar-refractivity contribution in [2.24, 2.45) is 0 Å². The minimum Gasteiger partial charge on any atom is -0.505 e. The average Bonchev–Trinajstić information content (AvgIpc) is 3.14. The molecule has 0 radical (unpaired) electrons. The summed E-state index contributed by atoms with van der Waals surface area (Å²) in [6.07, 6.45) is 5.09. The van der Waals surface area contributed by atoms with Crippen molar-refractivity contribution in [1.82, 2.24) is 15.0 Å². The minimum absolute atomic E-state index is 0.131. The Kier molecular flexibility index (Phi) is 7.77. The number of nitrogens with zero attached hydrogens (tertiary/aromatic N) is 3. The summed E-state index contributed by atoms with van der Waals surface area (Å²) >= 11 is 6.08. The van der Waals surface area contributed by atoms with Crippen LogP contribution in [-0.2, 0) is 21.4 Å². The first-order valence-corrected chi connectivity index (χ1v) is 11.6. The summed E-state index contributed by atoms with van der Waals surface area (Å²) < 4.78 is 5.37. The summed E-state index contributed by atoms with van der Waals surface area (Å²) in [5, 5.41) is 20.6. The van der Waals surface area contributed by atoms with E-state index in [0.29, 0.717) is 34.8 Å². The van der Waals surface area contributed by atoms with E-state index >= 15 is 0 Å². The van der Waals surface area contributed by atoms with E-state index in [0.717, 1.165) is 36.8 Å². The number of carbonyl (C=O) groups is 1. The number of rotatable bonds is 9. The third-order valence-corrected chi connectivity index (χ3v) is 5.63. The standard InChI is InChI=1S/C25H32ClN3O3/c1-5-6-7-8-13-32-23(30)12-9-17-14-19(25(2,3)4)24(31)22(15-17)29-27-20-11-10-18(26)16-21(20)28-29/h10-11,14-16,31H,5-9,12-13H2,1-4H3. The zero-order chi connectivity index (χ0) is 23.3. The lowest BCUT2D eigenvalue weighted by atomic mass is 9.84. The van der Waals surface area contributed by atoms with Crippen LogP contribution in [0.5, 0.6) is 5.75 Å². The van der Waals surface area contributed by atoms with Crippen molar-refractivity contribution >= 4 is 28.6 Å². The number of halogens is 1. The normalized spacial score (nSPS) is 11.8. The van der Waals surface area contributed by atoms with Crippen LogP contribution in [0.3, 0.4) is 0 Å². The maximum atomic E-state index is 12.2. The molecule has 0 unspecified atom stereocenters. The highest BCUT2D eigenvalue weighted by molar-refractivity contribution is 6.31. The number of phenolic OH excluding ortho intramolecular Hbond substituents is 1. The number of hydrogen-bond donors (Lipinski definition) is 1. The molecule has 32 heavy (non-hydrogen) atoms. The molecule has 0 bridgehead atoms. The van der Waals surface area contributed by atoms with Crippen molar-refractivity contribution < 1.29 is 14.6 Å². The zero-order valence-corrected chi connectivity index (χ0v) is 20.1. The van der Waals surface area contributed by atoms with E-state index in [-0.39, 0.29) is 23.6 Å². The predicted molar refractivity (Wildman–Crippen MR) is 128 cm³/mol. The van der Waals surface area contributed by atoms with Crippen LogP contribution in [0.4, 0.5) is 0 Å². The van der Waals surface area contributed by atoms with Gasteiger partial charge >= 0.3 is 5.97 Å². The number of phenols is 1. The van der Waals surface area contributed by atoms with E-state index in [1.807, 2.05) is 32.9 Å². The Morgan fingerprint density at radius 3 is 2.56 bits per heavy atom. The van der Waals surface area contributed by atoms with Gasteiger partial charge in [-0.25, -0.2) is 0 Å². The molecule has 0 saturated heterocycles. The number of aromatic hydroxyl groups is 1. The van der Waals surface area contributed by atoms with Crippen LogP contribution < -0.4 is 0 Å². The van der Waals surface area contributed by atoms with Gasteiger partial charge in [0.2, 0.25) is 0 Å². The monoisotopic (exact) mass is 457 g/mol. The fraction of sp³-hybridized carbons (Fsp3) is 0.480.